The minimum Gasteiger partial charge on any atom is -1.00 e. The van der Waals surface area contributed by atoms with Gasteiger partial charge in [-0.25, -0.2) is 0 Å². The van der Waals surface area contributed by atoms with E-state index in [0.29, 0.717) is 7.25 Å². The SMILES string of the molecule is CCc1ccc2c(c1)[CH]([Zr+2](=[C](c1ccccc1)c1ccccc1)[CH]1C=Cc3cc(-c4ccccc4)ccc31)c1cc(CC)ccc1-2.[Cl-].[Cl-]. The third kappa shape index (κ3) is 6.18. The summed E-state index contributed by atoms with van der Waals surface area (Å²) in [5.74, 6) is 0. The molecule has 0 spiro atoms. The fraction of sp³-hybridized carbons (Fsp3) is 0.133. The third-order valence-electron chi connectivity index (χ3n) is 10.0. The van der Waals surface area contributed by atoms with Crippen LogP contribution in [-0.4, -0.2) is 3.21 Å². The third-order valence-corrected chi connectivity index (χ3v) is 18.8. The quantitative estimate of drug-likeness (QED) is 0.211. The molecule has 0 fully saturated rings. The average molecular weight is 741 g/mol. The first-order valence-corrected chi connectivity index (χ1v) is 20.8. The van der Waals surface area contributed by atoms with E-state index in [2.05, 4.69) is 172 Å². The number of fused-ring (bicyclic) bond motifs is 4. The Bertz CT molecular complexity index is 2020. The van der Waals surface area contributed by atoms with Crippen molar-refractivity contribution in [3.8, 4) is 22.3 Å². The molecule has 0 saturated carbocycles. The van der Waals surface area contributed by atoms with Gasteiger partial charge in [0.05, 0.1) is 0 Å². The molecule has 0 bridgehead atoms. The van der Waals surface area contributed by atoms with Crippen LogP contribution in [0.1, 0.15) is 65.6 Å². The second-order valence-corrected chi connectivity index (χ2v) is 19.0. The molecule has 1 unspecified atom stereocenters. The van der Waals surface area contributed by atoms with E-state index in [0.717, 1.165) is 12.8 Å². The molecule has 0 amide bonds. The van der Waals surface area contributed by atoms with Crippen molar-refractivity contribution in [3.63, 3.8) is 0 Å². The zero-order chi connectivity index (χ0) is 31.0. The van der Waals surface area contributed by atoms with Gasteiger partial charge >= 0.3 is 283 Å². The Balaban J connectivity index is 0.00000201. The van der Waals surface area contributed by atoms with Gasteiger partial charge in [-0.15, -0.1) is 0 Å². The van der Waals surface area contributed by atoms with Crippen molar-refractivity contribution in [3.05, 3.63) is 196 Å². The van der Waals surface area contributed by atoms with Gasteiger partial charge in [0.15, 0.2) is 0 Å². The minimum atomic E-state index is -2.83. The summed E-state index contributed by atoms with van der Waals surface area (Å²) in [7, 11) is 0. The average Bonchev–Trinajstić information content (AvgIpc) is 3.69. The number of hydrogen-bond acceptors (Lipinski definition) is 0. The fourth-order valence-corrected chi connectivity index (χ4v) is 17.6. The molecule has 0 saturated heterocycles. The van der Waals surface area contributed by atoms with Crippen molar-refractivity contribution in [2.45, 2.75) is 33.9 Å². The van der Waals surface area contributed by atoms with E-state index in [9.17, 15) is 0 Å². The monoisotopic (exact) mass is 738 g/mol. The zero-order valence-corrected chi connectivity index (χ0v) is 31.3. The first-order chi connectivity index (χ1) is 22.7. The van der Waals surface area contributed by atoms with Gasteiger partial charge in [0.1, 0.15) is 0 Å². The van der Waals surface area contributed by atoms with E-state index >= 15 is 0 Å². The Hall–Kier alpha value is -3.61. The number of allylic oxidation sites excluding steroid dienone is 1. The van der Waals surface area contributed by atoms with Crippen LogP contribution in [0.5, 0.6) is 0 Å². The molecule has 236 valence electrons. The Kier molecular flexibility index (Phi) is 10.6. The maximum Gasteiger partial charge on any atom is -1.00 e. The maximum atomic E-state index is 2.59. The van der Waals surface area contributed by atoms with Crippen molar-refractivity contribution in [2.24, 2.45) is 0 Å². The number of hydrogen-bond donors (Lipinski definition) is 0. The Labute approximate surface area is 305 Å². The summed E-state index contributed by atoms with van der Waals surface area (Å²) < 4.78 is 2.44. The summed E-state index contributed by atoms with van der Waals surface area (Å²) in [6, 6.07) is 55.4. The van der Waals surface area contributed by atoms with Gasteiger partial charge in [0.25, 0.3) is 0 Å². The molecule has 1 atom stereocenters. The first kappa shape index (κ1) is 34.3. The smallest absolute Gasteiger partial charge is 1.00 e. The molecular formula is C45H38Cl2Zr. The van der Waals surface area contributed by atoms with Gasteiger partial charge in [0.2, 0.25) is 0 Å². The molecule has 2 aliphatic carbocycles. The van der Waals surface area contributed by atoms with Crippen molar-refractivity contribution in [1.82, 2.24) is 0 Å². The van der Waals surface area contributed by atoms with Crippen molar-refractivity contribution >= 4 is 9.28 Å². The van der Waals surface area contributed by atoms with Crippen LogP contribution < -0.4 is 24.8 Å². The molecule has 0 N–H and O–H groups in total. The molecule has 8 rings (SSSR count). The molecule has 0 radical (unpaired) electrons. The Morgan fingerprint density at radius 1 is 0.521 bits per heavy atom. The fourth-order valence-electron chi connectivity index (χ4n) is 7.71. The predicted molar refractivity (Wildman–Crippen MR) is 192 cm³/mol. The maximum absolute atomic E-state index is 2.83. The van der Waals surface area contributed by atoms with Crippen LogP contribution in [0.2, 0.25) is 0 Å². The van der Waals surface area contributed by atoms with E-state index in [1.54, 1.807) is 14.3 Å². The van der Waals surface area contributed by atoms with E-state index in [1.165, 1.54) is 55.6 Å². The number of halogens is 2. The molecule has 0 nitrogen and oxygen atoms in total. The number of benzene rings is 6. The summed E-state index contributed by atoms with van der Waals surface area (Å²) in [4.78, 5) is 0. The van der Waals surface area contributed by atoms with Gasteiger partial charge in [-0.3, -0.25) is 0 Å². The molecule has 0 heterocycles. The summed E-state index contributed by atoms with van der Waals surface area (Å²) in [5.41, 5.74) is 17.1. The molecule has 2 aliphatic rings. The molecule has 48 heavy (non-hydrogen) atoms. The molecule has 0 aliphatic heterocycles. The minimum absolute atomic E-state index is 0. The Morgan fingerprint density at radius 2 is 1.04 bits per heavy atom. The van der Waals surface area contributed by atoms with Crippen LogP contribution in [-0.2, 0) is 34.1 Å². The van der Waals surface area contributed by atoms with Gasteiger partial charge in [-0.1, -0.05) is 0 Å². The van der Waals surface area contributed by atoms with Crippen LogP contribution in [0.15, 0.2) is 152 Å². The van der Waals surface area contributed by atoms with Crippen LogP contribution in [0.3, 0.4) is 0 Å². The normalized spacial score (nSPS) is 13.7. The second-order valence-electron chi connectivity index (χ2n) is 12.6. The van der Waals surface area contributed by atoms with E-state index in [-0.39, 0.29) is 24.8 Å². The van der Waals surface area contributed by atoms with Crippen LogP contribution in [0.4, 0.5) is 0 Å². The molecular weight excluding hydrogens is 703 g/mol. The van der Waals surface area contributed by atoms with Crippen molar-refractivity contribution < 1.29 is 46.1 Å². The van der Waals surface area contributed by atoms with E-state index in [4.69, 9.17) is 0 Å². The second kappa shape index (κ2) is 14.9. The summed E-state index contributed by atoms with van der Waals surface area (Å²) in [6.07, 6.45) is 7.13. The van der Waals surface area contributed by atoms with Gasteiger partial charge in [-0.05, 0) is 0 Å². The zero-order valence-electron chi connectivity index (χ0n) is 27.3. The topological polar surface area (TPSA) is 0 Å². The largest absolute Gasteiger partial charge is 1.00 e. The molecule has 0 aromatic heterocycles. The summed E-state index contributed by atoms with van der Waals surface area (Å²) in [6.45, 7) is 4.58. The molecule has 6 aromatic carbocycles. The standard InChI is InChI=1S/C17H17.C15H11.C13H10.2ClH.Zr/c1-3-12-5-7-16-14(9-12)11-15-10-13(4-2)6-8-17(15)16;1-2-5-12(6-3-1)15-10-9-13-7-4-8-14(13)11-15;1-3-7-12(8-4-1)11-13-9-5-2-6-10-13;;;/h5-11H,3-4H2,1-2H3;1-11H;1-10H;2*1H;/q;;;;;+2/p-2. The van der Waals surface area contributed by atoms with E-state index < -0.39 is 21.3 Å². The Morgan fingerprint density at radius 3 is 1.56 bits per heavy atom. The van der Waals surface area contributed by atoms with Crippen molar-refractivity contribution in [2.75, 3.05) is 0 Å². The molecule has 6 aromatic rings. The summed E-state index contributed by atoms with van der Waals surface area (Å²) in [5, 5.41) is 0. The summed E-state index contributed by atoms with van der Waals surface area (Å²) >= 11 is -2.83. The van der Waals surface area contributed by atoms with E-state index in [1.807, 2.05) is 0 Å². The van der Waals surface area contributed by atoms with Crippen LogP contribution in [0.25, 0.3) is 28.3 Å². The van der Waals surface area contributed by atoms with Gasteiger partial charge in [0, 0.05) is 0 Å². The van der Waals surface area contributed by atoms with Crippen molar-refractivity contribution in [1.29, 1.82) is 0 Å². The number of rotatable bonds is 7. The van der Waals surface area contributed by atoms with Gasteiger partial charge in [-0.2, -0.15) is 0 Å². The van der Waals surface area contributed by atoms with Crippen LogP contribution in [0, 0.1) is 0 Å². The predicted octanol–water partition coefficient (Wildman–Crippen LogP) is 5.21. The van der Waals surface area contributed by atoms with Gasteiger partial charge < -0.3 is 24.8 Å². The number of aryl methyl sites for hydroxylation is 2. The first-order valence-electron chi connectivity index (χ1n) is 16.7. The molecule has 3 heteroatoms. The van der Waals surface area contributed by atoms with Crippen LogP contribution >= 0.6 is 0 Å².